The zero-order chi connectivity index (χ0) is 19.6. The van der Waals surface area contributed by atoms with E-state index in [4.69, 9.17) is 9.47 Å². The van der Waals surface area contributed by atoms with Gasteiger partial charge in [-0.2, -0.15) is 0 Å². The summed E-state index contributed by atoms with van der Waals surface area (Å²) in [4.78, 5) is 2.31. The van der Waals surface area contributed by atoms with Gasteiger partial charge >= 0.3 is 0 Å². The Kier molecular flexibility index (Phi) is 8.90. The van der Waals surface area contributed by atoms with E-state index in [1.807, 2.05) is 12.1 Å². The van der Waals surface area contributed by atoms with Gasteiger partial charge in [0, 0.05) is 24.7 Å². The Morgan fingerprint density at radius 2 is 1.96 bits per heavy atom. The third kappa shape index (κ3) is 6.94. The average Bonchev–Trinajstić information content (AvgIpc) is 3.41. The van der Waals surface area contributed by atoms with E-state index in [1.165, 1.54) is 51.4 Å². The van der Waals surface area contributed by atoms with Gasteiger partial charge in [0.1, 0.15) is 24.2 Å². The molecule has 0 spiro atoms. The van der Waals surface area contributed by atoms with E-state index in [9.17, 15) is 5.11 Å². The standard InChI is InChI=1S/C23H38N2O3/c1-27-22-11-10-20(16-24-12-6-9-19-7-2-3-8-19)23(15-22)28-18-21(26)17-25-13-4-5-14-25/h10-11,15,19,21,24,26H,2-9,12-14,16-18H2,1H3. The maximum absolute atomic E-state index is 10.3. The number of aliphatic hydroxyl groups is 1. The van der Waals surface area contributed by atoms with Crippen molar-refractivity contribution in [3.63, 3.8) is 0 Å². The molecule has 2 fully saturated rings. The van der Waals surface area contributed by atoms with Crippen molar-refractivity contribution in [2.75, 3.05) is 39.9 Å². The molecule has 5 heteroatoms. The van der Waals surface area contributed by atoms with E-state index in [1.54, 1.807) is 7.11 Å². The van der Waals surface area contributed by atoms with E-state index in [0.29, 0.717) is 13.2 Å². The van der Waals surface area contributed by atoms with Gasteiger partial charge in [-0.1, -0.05) is 31.7 Å². The molecule has 2 aliphatic rings. The summed E-state index contributed by atoms with van der Waals surface area (Å²) in [6, 6.07) is 5.96. The molecule has 1 aromatic carbocycles. The number of hydrogen-bond donors (Lipinski definition) is 2. The highest BCUT2D eigenvalue weighted by atomic mass is 16.5. The van der Waals surface area contributed by atoms with Crippen molar-refractivity contribution in [1.82, 2.24) is 10.2 Å². The third-order valence-corrected chi connectivity index (χ3v) is 6.13. The minimum Gasteiger partial charge on any atom is -0.497 e. The van der Waals surface area contributed by atoms with Gasteiger partial charge < -0.3 is 24.8 Å². The molecule has 1 heterocycles. The Balaban J connectivity index is 1.43. The van der Waals surface area contributed by atoms with Crippen molar-refractivity contribution in [2.24, 2.45) is 5.92 Å². The second-order valence-corrected chi connectivity index (χ2v) is 8.42. The molecule has 2 N–H and O–H groups in total. The first kappa shape index (κ1) is 21.4. The van der Waals surface area contributed by atoms with E-state index in [-0.39, 0.29) is 0 Å². The first-order valence-electron chi connectivity index (χ1n) is 11.2. The quantitative estimate of drug-likeness (QED) is 0.534. The van der Waals surface area contributed by atoms with Crippen LogP contribution in [0.4, 0.5) is 0 Å². The van der Waals surface area contributed by atoms with E-state index < -0.39 is 6.10 Å². The van der Waals surface area contributed by atoms with Crippen molar-refractivity contribution in [3.8, 4) is 11.5 Å². The monoisotopic (exact) mass is 390 g/mol. The summed E-state index contributed by atoms with van der Waals surface area (Å²) in [5.74, 6) is 2.55. The Labute approximate surface area is 170 Å². The molecule has 1 saturated heterocycles. The van der Waals surface area contributed by atoms with Gasteiger partial charge in [-0.05, 0) is 57.3 Å². The van der Waals surface area contributed by atoms with Gasteiger partial charge in [-0.3, -0.25) is 0 Å². The second-order valence-electron chi connectivity index (χ2n) is 8.42. The van der Waals surface area contributed by atoms with Gasteiger partial charge in [-0.25, -0.2) is 0 Å². The van der Waals surface area contributed by atoms with Crippen LogP contribution in [0.2, 0.25) is 0 Å². The molecular weight excluding hydrogens is 352 g/mol. The molecule has 5 nitrogen and oxygen atoms in total. The van der Waals surface area contributed by atoms with Gasteiger partial charge in [0.25, 0.3) is 0 Å². The topological polar surface area (TPSA) is 54.0 Å². The number of aliphatic hydroxyl groups excluding tert-OH is 1. The fraction of sp³-hybridized carbons (Fsp3) is 0.739. The Morgan fingerprint density at radius 1 is 1.18 bits per heavy atom. The van der Waals surface area contributed by atoms with Gasteiger partial charge in [0.05, 0.1) is 7.11 Å². The first-order chi connectivity index (χ1) is 13.7. The summed E-state index contributed by atoms with van der Waals surface area (Å²) in [5, 5.41) is 13.9. The van der Waals surface area contributed by atoms with Crippen LogP contribution < -0.4 is 14.8 Å². The maximum Gasteiger partial charge on any atom is 0.127 e. The normalized spacial score (nSPS) is 19.2. The van der Waals surface area contributed by atoms with Crippen LogP contribution in [0.15, 0.2) is 18.2 Å². The molecule has 158 valence electrons. The van der Waals surface area contributed by atoms with Crippen molar-refractivity contribution < 1.29 is 14.6 Å². The van der Waals surface area contributed by atoms with Crippen molar-refractivity contribution in [3.05, 3.63) is 23.8 Å². The van der Waals surface area contributed by atoms with Crippen LogP contribution in [-0.4, -0.2) is 56.0 Å². The fourth-order valence-corrected chi connectivity index (χ4v) is 4.48. The summed E-state index contributed by atoms with van der Waals surface area (Å²) in [7, 11) is 1.67. The highest BCUT2D eigenvalue weighted by Gasteiger charge is 2.17. The second kappa shape index (κ2) is 11.6. The molecule has 3 rings (SSSR count). The average molecular weight is 391 g/mol. The van der Waals surface area contributed by atoms with Gasteiger partial charge in [0.15, 0.2) is 0 Å². The van der Waals surface area contributed by atoms with Crippen molar-refractivity contribution >= 4 is 0 Å². The van der Waals surface area contributed by atoms with Gasteiger partial charge in [-0.15, -0.1) is 0 Å². The van der Waals surface area contributed by atoms with Crippen LogP contribution in [0, 0.1) is 5.92 Å². The lowest BCUT2D eigenvalue weighted by atomic mass is 10.0. The van der Waals surface area contributed by atoms with Crippen LogP contribution in [0.25, 0.3) is 0 Å². The number of hydrogen-bond acceptors (Lipinski definition) is 5. The first-order valence-corrected chi connectivity index (χ1v) is 11.2. The largest absolute Gasteiger partial charge is 0.497 e. The highest BCUT2D eigenvalue weighted by Crippen LogP contribution is 2.28. The van der Waals surface area contributed by atoms with Crippen LogP contribution in [0.3, 0.4) is 0 Å². The summed E-state index contributed by atoms with van der Waals surface area (Å²) in [6.07, 6.45) is 10.3. The van der Waals surface area contributed by atoms with E-state index in [0.717, 1.165) is 49.2 Å². The third-order valence-electron chi connectivity index (χ3n) is 6.13. The summed E-state index contributed by atoms with van der Waals surface area (Å²) in [5.41, 5.74) is 1.12. The van der Waals surface area contributed by atoms with E-state index in [2.05, 4.69) is 16.3 Å². The molecule has 0 bridgehead atoms. The molecule has 1 atom stereocenters. The lowest BCUT2D eigenvalue weighted by Gasteiger charge is -2.20. The number of ether oxygens (including phenoxy) is 2. The lowest BCUT2D eigenvalue weighted by molar-refractivity contribution is 0.0753. The molecule has 1 saturated carbocycles. The smallest absolute Gasteiger partial charge is 0.127 e. The predicted molar refractivity (Wildman–Crippen MR) is 113 cm³/mol. The molecule has 28 heavy (non-hydrogen) atoms. The number of nitrogens with one attached hydrogen (secondary N) is 1. The maximum atomic E-state index is 10.3. The Hall–Kier alpha value is -1.30. The Morgan fingerprint density at radius 3 is 2.71 bits per heavy atom. The summed E-state index contributed by atoms with van der Waals surface area (Å²) in [6.45, 7) is 5.02. The molecule has 0 aromatic heterocycles. The van der Waals surface area contributed by atoms with Crippen LogP contribution in [-0.2, 0) is 6.54 Å². The zero-order valence-corrected chi connectivity index (χ0v) is 17.5. The molecule has 1 aromatic rings. The van der Waals surface area contributed by atoms with Crippen molar-refractivity contribution in [1.29, 1.82) is 0 Å². The Bertz CT molecular complexity index is 569. The number of likely N-dealkylation sites (tertiary alicyclic amines) is 1. The van der Waals surface area contributed by atoms with Crippen molar-refractivity contribution in [2.45, 2.75) is 64.0 Å². The number of β-amino-alcohol motifs (C(OH)–C–C–N with tert-alkyl or cyclic N) is 1. The van der Waals surface area contributed by atoms with E-state index >= 15 is 0 Å². The number of benzene rings is 1. The predicted octanol–water partition coefficient (Wildman–Crippen LogP) is 3.59. The number of methoxy groups -OCH3 is 1. The molecular formula is C23H38N2O3. The fourth-order valence-electron chi connectivity index (χ4n) is 4.48. The highest BCUT2D eigenvalue weighted by molar-refractivity contribution is 5.40. The minimum atomic E-state index is -0.462. The molecule has 1 unspecified atom stereocenters. The van der Waals surface area contributed by atoms with Crippen LogP contribution in [0.1, 0.15) is 56.9 Å². The summed E-state index contributed by atoms with van der Waals surface area (Å²) >= 11 is 0. The molecule has 0 radical (unpaired) electrons. The number of rotatable bonds is 12. The molecule has 0 amide bonds. The SMILES string of the molecule is COc1ccc(CNCCCC2CCCC2)c(OCC(O)CN2CCCC2)c1. The lowest BCUT2D eigenvalue weighted by Crippen LogP contribution is -2.33. The van der Waals surface area contributed by atoms with Crippen LogP contribution >= 0.6 is 0 Å². The zero-order valence-electron chi connectivity index (χ0n) is 17.5. The molecule has 1 aliphatic heterocycles. The molecule has 1 aliphatic carbocycles. The van der Waals surface area contributed by atoms with Crippen LogP contribution in [0.5, 0.6) is 11.5 Å². The minimum absolute atomic E-state index is 0.318. The summed E-state index contributed by atoms with van der Waals surface area (Å²) < 4.78 is 11.3. The van der Waals surface area contributed by atoms with Gasteiger partial charge in [0.2, 0.25) is 0 Å². The number of nitrogens with zero attached hydrogens (tertiary/aromatic N) is 1.